The van der Waals surface area contributed by atoms with Crippen LogP contribution in [0, 0.1) is 5.21 Å². The van der Waals surface area contributed by atoms with Crippen molar-refractivity contribution in [3.05, 3.63) is 77.0 Å². The molecule has 28 heavy (non-hydrogen) atoms. The van der Waals surface area contributed by atoms with Crippen molar-refractivity contribution in [2.45, 2.75) is 37.9 Å². The lowest BCUT2D eigenvalue weighted by atomic mass is 9.85. The Morgan fingerprint density at radius 1 is 1.04 bits per heavy atom. The van der Waals surface area contributed by atoms with Crippen LogP contribution in [0.1, 0.15) is 37.3 Å². The maximum absolute atomic E-state index is 13.6. The van der Waals surface area contributed by atoms with E-state index in [0.717, 1.165) is 17.5 Å². The summed E-state index contributed by atoms with van der Waals surface area (Å²) in [4.78, 5) is 13.6. The number of carbonyl (C=O) groups excluding carboxylic acids is 1. The molecule has 0 N–H and O–H groups in total. The minimum Gasteiger partial charge on any atom is -0.633 e. The first-order valence-corrected chi connectivity index (χ1v) is 9.99. The number of piperidine rings is 1. The highest BCUT2D eigenvalue weighted by molar-refractivity contribution is 5.86. The Balaban J connectivity index is 1.96. The predicted molar refractivity (Wildman–Crippen MR) is 108 cm³/mol. The summed E-state index contributed by atoms with van der Waals surface area (Å²) in [5, 5.41) is 12.1. The van der Waals surface area contributed by atoms with Gasteiger partial charge in [-0.05, 0) is 17.5 Å². The van der Waals surface area contributed by atoms with Crippen molar-refractivity contribution in [2.24, 2.45) is 0 Å². The minimum atomic E-state index is -1.31. The van der Waals surface area contributed by atoms with Crippen LogP contribution in [-0.4, -0.2) is 43.5 Å². The van der Waals surface area contributed by atoms with Crippen LogP contribution >= 0.6 is 0 Å². The monoisotopic (exact) mass is 383 g/mol. The van der Waals surface area contributed by atoms with E-state index in [0.29, 0.717) is 32.5 Å². The van der Waals surface area contributed by atoms with Crippen LogP contribution in [0.4, 0.5) is 0 Å². The van der Waals surface area contributed by atoms with Gasteiger partial charge in [0.25, 0.3) is 0 Å². The molecular formula is C23H29NO4. The van der Waals surface area contributed by atoms with E-state index in [1.54, 1.807) is 7.05 Å². The summed E-state index contributed by atoms with van der Waals surface area (Å²) >= 11 is 0. The third kappa shape index (κ3) is 4.43. The van der Waals surface area contributed by atoms with Gasteiger partial charge in [-0.15, -0.1) is 0 Å². The fourth-order valence-electron chi connectivity index (χ4n) is 3.67. The van der Waals surface area contributed by atoms with E-state index in [9.17, 15) is 10.0 Å². The quantitative estimate of drug-likeness (QED) is 0.412. The zero-order valence-electron chi connectivity index (χ0n) is 16.7. The van der Waals surface area contributed by atoms with Crippen LogP contribution in [-0.2, 0) is 19.9 Å². The first-order valence-electron chi connectivity index (χ1n) is 9.99. The van der Waals surface area contributed by atoms with E-state index in [4.69, 9.17) is 9.47 Å². The molecule has 0 aromatic heterocycles. The molecule has 0 aliphatic carbocycles. The van der Waals surface area contributed by atoms with Crippen LogP contribution in [0.3, 0.4) is 0 Å². The highest BCUT2D eigenvalue weighted by Crippen LogP contribution is 2.36. The Kier molecular flexibility index (Phi) is 6.50. The van der Waals surface area contributed by atoms with E-state index < -0.39 is 11.6 Å². The SMILES string of the molecule is CCCOC(C(=O)OC1CC[N+](C)([O-])CC1)(c1ccccc1)c1ccccc1. The molecule has 0 spiro atoms. The van der Waals surface area contributed by atoms with Crippen LogP contribution in [0.15, 0.2) is 60.7 Å². The standard InChI is InChI=1S/C23H29NO4/c1-3-18-27-23(19-10-6-4-7-11-19,20-12-8-5-9-13-20)22(25)28-21-14-16-24(2,26)17-15-21/h4-13,21H,3,14-18H2,1-2H3. The Morgan fingerprint density at radius 3 is 2.00 bits per heavy atom. The Hall–Kier alpha value is -2.21. The third-order valence-electron chi connectivity index (χ3n) is 5.29. The molecule has 0 bridgehead atoms. The highest BCUT2D eigenvalue weighted by atomic mass is 16.6. The fourth-order valence-corrected chi connectivity index (χ4v) is 3.67. The number of ether oxygens (including phenoxy) is 2. The van der Waals surface area contributed by atoms with Gasteiger partial charge in [0.05, 0.1) is 20.1 Å². The molecule has 1 saturated heterocycles. The van der Waals surface area contributed by atoms with E-state index in [-0.39, 0.29) is 10.8 Å². The molecule has 150 valence electrons. The minimum absolute atomic E-state index is 0.260. The number of nitrogens with zero attached hydrogens (tertiary/aromatic N) is 1. The van der Waals surface area contributed by atoms with Gasteiger partial charge in [0.15, 0.2) is 0 Å². The lowest BCUT2D eigenvalue weighted by Crippen LogP contribution is -2.49. The number of hydrogen-bond acceptors (Lipinski definition) is 4. The van der Waals surface area contributed by atoms with E-state index in [1.165, 1.54) is 0 Å². The molecule has 0 amide bonds. The molecule has 0 saturated carbocycles. The van der Waals surface area contributed by atoms with E-state index >= 15 is 0 Å². The third-order valence-corrected chi connectivity index (χ3v) is 5.29. The van der Waals surface area contributed by atoms with Crippen LogP contribution in [0.2, 0.25) is 0 Å². The van der Waals surface area contributed by atoms with Crippen LogP contribution in [0.5, 0.6) is 0 Å². The molecule has 0 unspecified atom stereocenters. The van der Waals surface area contributed by atoms with Gasteiger partial charge in [-0.3, -0.25) is 0 Å². The molecule has 1 heterocycles. The first kappa shape index (κ1) is 20.5. The molecule has 0 atom stereocenters. The normalized spacial score (nSPS) is 22.6. The van der Waals surface area contributed by atoms with Crippen molar-refractivity contribution in [1.82, 2.24) is 0 Å². The van der Waals surface area contributed by atoms with Gasteiger partial charge < -0.3 is 19.3 Å². The zero-order valence-corrected chi connectivity index (χ0v) is 16.7. The second-order valence-electron chi connectivity index (χ2n) is 7.61. The van der Waals surface area contributed by atoms with Gasteiger partial charge in [0.2, 0.25) is 5.60 Å². The maximum Gasteiger partial charge on any atom is 0.348 e. The summed E-state index contributed by atoms with van der Waals surface area (Å²) in [6.45, 7) is 3.36. The number of quaternary nitrogens is 1. The maximum atomic E-state index is 13.6. The largest absolute Gasteiger partial charge is 0.633 e. The molecule has 5 heteroatoms. The predicted octanol–water partition coefficient (Wildman–Crippen LogP) is 4.01. The van der Waals surface area contributed by atoms with Crippen molar-refractivity contribution in [1.29, 1.82) is 0 Å². The molecule has 1 aliphatic rings. The zero-order chi connectivity index (χ0) is 20.0. The van der Waals surface area contributed by atoms with Gasteiger partial charge >= 0.3 is 5.97 Å². The second-order valence-corrected chi connectivity index (χ2v) is 7.61. The molecule has 3 rings (SSSR count). The highest BCUT2D eigenvalue weighted by Gasteiger charge is 2.46. The molecule has 2 aromatic rings. The molecular weight excluding hydrogens is 354 g/mol. The second kappa shape index (κ2) is 8.86. The van der Waals surface area contributed by atoms with E-state index in [1.807, 2.05) is 67.6 Å². The molecule has 1 aliphatic heterocycles. The van der Waals surface area contributed by atoms with Gasteiger partial charge in [-0.25, -0.2) is 4.79 Å². The first-order chi connectivity index (χ1) is 13.5. The number of hydrogen-bond donors (Lipinski definition) is 0. The lowest BCUT2D eigenvalue weighted by molar-refractivity contribution is -0.866. The summed E-state index contributed by atoms with van der Waals surface area (Å²) in [5.41, 5.74) is 0.186. The van der Waals surface area contributed by atoms with Crippen molar-refractivity contribution in [2.75, 3.05) is 26.7 Å². The lowest BCUT2D eigenvalue weighted by Gasteiger charge is -2.44. The van der Waals surface area contributed by atoms with Gasteiger partial charge in [-0.2, -0.15) is 0 Å². The summed E-state index contributed by atoms with van der Waals surface area (Å²) in [7, 11) is 1.67. The average molecular weight is 383 g/mol. The van der Waals surface area contributed by atoms with Gasteiger partial charge in [0.1, 0.15) is 6.10 Å². The van der Waals surface area contributed by atoms with E-state index in [2.05, 4.69) is 0 Å². The topological polar surface area (TPSA) is 58.6 Å². The van der Waals surface area contributed by atoms with Crippen molar-refractivity contribution in [3.8, 4) is 0 Å². The Morgan fingerprint density at radius 2 is 1.54 bits per heavy atom. The molecule has 1 fully saturated rings. The number of carbonyl (C=O) groups is 1. The van der Waals surface area contributed by atoms with Crippen molar-refractivity contribution < 1.29 is 18.9 Å². The van der Waals surface area contributed by atoms with Gasteiger partial charge in [-0.1, -0.05) is 67.6 Å². The molecule has 2 aromatic carbocycles. The number of rotatable bonds is 7. The smallest absolute Gasteiger partial charge is 0.348 e. The van der Waals surface area contributed by atoms with Crippen LogP contribution < -0.4 is 0 Å². The van der Waals surface area contributed by atoms with Crippen molar-refractivity contribution >= 4 is 5.97 Å². The Labute approximate surface area is 167 Å². The number of esters is 1. The molecule has 0 radical (unpaired) electrons. The number of benzene rings is 2. The number of hydroxylamine groups is 3. The average Bonchev–Trinajstić information content (AvgIpc) is 2.72. The number of likely N-dealkylation sites (tertiary alicyclic amines) is 1. The summed E-state index contributed by atoms with van der Waals surface area (Å²) in [6, 6.07) is 19.0. The van der Waals surface area contributed by atoms with Crippen molar-refractivity contribution in [3.63, 3.8) is 0 Å². The molecule has 5 nitrogen and oxygen atoms in total. The summed E-state index contributed by atoms with van der Waals surface area (Å²) in [6.07, 6.45) is 1.66. The summed E-state index contributed by atoms with van der Waals surface area (Å²) < 4.78 is 11.9. The fraction of sp³-hybridized carbons (Fsp3) is 0.435. The van der Waals surface area contributed by atoms with Crippen LogP contribution in [0.25, 0.3) is 0 Å². The van der Waals surface area contributed by atoms with Gasteiger partial charge in [0, 0.05) is 19.4 Å². The Bertz CT molecular complexity index is 711. The summed E-state index contributed by atoms with van der Waals surface area (Å²) in [5.74, 6) is -0.412.